The Balaban J connectivity index is 1.71. The lowest BCUT2D eigenvalue weighted by Gasteiger charge is -2.27. The number of sulfonamides is 1. The van der Waals surface area contributed by atoms with E-state index in [9.17, 15) is 13.2 Å². The highest BCUT2D eigenvalue weighted by atomic mass is 32.2. The van der Waals surface area contributed by atoms with E-state index < -0.39 is 10.0 Å². The van der Waals surface area contributed by atoms with Gasteiger partial charge in [0.1, 0.15) is 10.6 Å². The minimum absolute atomic E-state index is 0.0525. The maximum atomic E-state index is 13.1. The van der Waals surface area contributed by atoms with Gasteiger partial charge >= 0.3 is 0 Å². The molecular weight excluding hydrogens is 404 g/mol. The minimum atomic E-state index is -3.71. The maximum absolute atomic E-state index is 13.1. The normalized spacial score (nSPS) is 22.7. The van der Waals surface area contributed by atoms with Crippen LogP contribution in [0.4, 0.5) is 0 Å². The molecule has 1 saturated carbocycles. The summed E-state index contributed by atoms with van der Waals surface area (Å²) in [4.78, 5) is 12.8. The van der Waals surface area contributed by atoms with E-state index in [1.165, 1.54) is 30.7 Å². The van der Waals surface area contributed by atoms with Gasteiger partial charge in [0, 0.05) is 19.1 Å². The number of amides is 1. The Kier molecular flexibility index (Phi) is 8.13. The van der Waals surface area contributed by atoms with Crippen LogP contribution in [0.15, 0.2) is 23.1 Å². The molecule has 1 aromatic carbocycles. The summed E-state index contributed by atoms with van der Waals surface area (Å²) in [5, 5.41) is 3.19. The smallest absolute Gasteiger partial charge is 0.246 e. The molecule has 0 radical (unpaired) electrons. The molecule has 1 N–H and O–H groups in total. The van der Waals surface area contributed by atoms with Gasteiger partial charge in [0.2, 0.25) is 15.9 Å². The van der Waals surface area contributed by atoms with Crippen LogP contribution in [0.1, 0.15) is 51.0 Å². The molecule has 1 saturated heterocycles. The Bertz CT molecular complexity index is 821. The molecule has 168 valence electrons. The highest BCUT2D eigenvalue weighted by Crippen LogP contribution is 2.31. The number of methoxy groups -OCH3 is 1. The lowest BCUT2D eigenvalue weighted by Crippen LogP contribution is -2.40. The first-order valence-electron chi connectivity index (χ1n) is 11.0. The van der Waals surface area contributed by atoms with Crippen LogP contribution in [0, 0.1) is 5.92 Å². The lowest BCUT2D eigenvalue weighted by atomic mass is 9.96. The summed E-state index contributed by atoms with van der Waals surface area (Å²) in [5.74, 6) is 0.798. The minimum Gasteiger partial charge on any atom is -0.495 e. The standard InChI is InChI=1S/C22H34N2O5S/c1-3-4-6-18-7-5-8-19(18)23-22(25)16-17-9-10-20(28-2)21(15-17)30(26,27)24-11-13-29-14-12-24/h9-10,15,18-19H,3-8,11-14,16H2,1-2H3,(H,23,25). The first-order valence-corrected chi connectivity index (χ1v) is 12.4. The van der Waals surface area contributed by atoms with Gasteiger partial charge in [-0.25, -0.2) is 8.42 Å². The van der Waals surface area contributed by atoms with E-state index >= 15 is 0 Å². The number of unbranched alkanes of at least 4 members (excludes halogenated alkanes) is 1. The molecule has 1 amide bonds. The Morgan fingerprint density at radius 3 is 2.73 bits per heavy atom. The summed E-state index contributed by atoms with van der Waals surface area (Å²) in [5.41, 5.74) is 0.670. The largest absolute Gasteiger partial charge is 0.495 e. The summed E-state index contributed by atoms with van der Waals surface area (Å²) >= 11 is 0. The van der Waals surface area contributed by atoms with Crippen LogP contribution in [0.3, 0.4) is 0 Å². The number of ether oxygens (including phenoxy) is 2. The predicted octanol–water partition coefficient (Wildman–Crippen LogP) is 2.73. The van der Waals surface area contributed by atoms with Gasteiger partial charge in [0.05, 0.1) is 26.7 Å². The Morgan fingerprint density at radius 1 is 1.27 bits per heavy atom. The van der Waals surface area contributed by atoms with E-state index in [1.807, 2.05) is 0 Å². The maximum Gasteiger partial charge on any atom is 0.246 e. The van der Waals surface area contributed by atoms with Crippen molar-refractivity contribution in [2.45, 2.75) is 62.8 Å². The third-order valence-corrected chi connectivity index (χ3v) is 8.03. The molecular formula is C22H34N2O5S. The zero-order valence-corrected chi connectivity index (χ0v) is 18.9. The number of benzene rings is 1. The summed E-state index contributed by atoms with van der Waals surface area (Å²) in [6.45, 7) is 3.58. The molecule has 2 aliphatic rings. The monoisotopic (exact) mass is 438 g/mol. The number of carbonyl (C=O) groups is 1. The number of rotatable bonds is 9. The number of nitrogens with one attached hydrogen (secondary N) is 1. The third-order valence-electron chi connectivity index (χ3n) is 6.11. The quantitative estimate of drug-likeness (QED) is 0.641. The molecule has 1 heterocycles. The van der Waals surface area contributed by atoms with Crippen molar-refractivity contribution in [1.82, 2.24) is 9.62 Å². The molecule has 1 aliphatic heterocycles. The van der Waals surface area contributed by atoms with Gasteiger partial charge in [-0.2, -0.15) is 4.31 Å². The van der Waals surface area contributed by atoms with Crippen LogP contribution in [0.25, 0.3) is 0 Å². The Hall–Kier alpha value is -1.64. The first kappa shape index (κ1) is 23.0. The SMILES string of the molecule is CCCCC1CCCC1NC(=O)Cc1ccc(OC)c(S(=O)(=O)N2CCOCC2)c1. The summed E-state index contributed by atoms with van der Waals surface area (Å²) < 4.78 is 38.2. The van der Waals surface area contributed by atoms with Gasteiger partial charge in [-0.3, -0.25) is 4.79 Å². The molecule has 1 aliphatic carbocycles. The van der Waals surface area contributed by atoms with Gasteiger partial charge in [0.15, 0.2) is 0 Å². The molecule has 2 unspecified atom stereocenters. The highest BCUT2D eigenvalue weighted by molar-refractivity contribution is 7.89. The average Bonchev–Trinajstić information content (AvgIpc) is 3.19. The van der Waals surface area contributed by atoms with Crippen molar-refractivity contribution in [3.63, 3.8) is 0 Å². The van der Waals surface area contributed by atoms with Crippen LogP contribution in [-0.4, -0.2) is 58.1 Å². The zero-order chi connectivity index (χ0) is 21.6. The predicted molar refractivity (Wildman–Crippen MR) is 115 cm³/mol. The fourth-order valence-electron chi connectivity index (χ4n) is 4.44. The second kappa shape index (κ2) is 10.6. The fourth-order valence-corrected chi connectivity index (χ4v) is 6.05. The van der Waals surface area contributed by atoms with Crippen molar-refractivity contribution in [1.29, 1.82) is 0 Å². The summed E-state index contributed by atoms with van der Waals surface area (Å²) in [6.07, 6.45) is 7.04. The van der Waals surface area contributed by atoms with E-state index in [0.29, 0.717) is 43.5 Å². The Morgan fingerprint density at radius 2 is 2.03 bits per heavy atom. The molecule has 30 heavy (non-hydrogen) atoms. The zero-order valence-electron chi connectivity index (χ0n) is 18.1. The van der Waals surface area contributed by atoms with Gasteiger partial charge in [-0.15, -0.1) is 0 Å². The molecule has 7 nitrogen and oxygen atoms in total. The molecule has 2 fully saturated rings. The van der Waals surface area contributed by atoms with Gasteiger partial charge < -0.3 is 14.8 Å². The molecule has 8 heteroatoms. The van der Waals surface area contributed by atoms with E-state index in [-0.39, 0.29) is 23.3 Å². The van der Waals surface area contributed by atoms with Crippen LogP contribution in [-0.2, 0) is 26.0 Å². The highest BCUT2D eigenvalue weighted by Gasteiger charge is 2.30. The van der Waals surface area contributed by atoms with E-state index in [2.05, 4.69) is 12.2 Å². The number of carbonyl (C=O) groups excluding carboxylic acids is 1. The molecule has 2 atom stereocenters. The van der Waals surface area contributed by atoms with Crippen LogP contribution >= 0.6 is 0 Å². The summed E-state index contributed by atoms with van der Waals surface area (Å²) in [7, 11) is -2.25. The number of nitrogens with zero attached hydrogens (tertiary/aromatic N) is 1. The molecule has 0 spiro atoms. The van der Waals surface area contributed by atoms with Crippen molar-refractivity contribution in [3.05, 3.63) is 23.8 Å². The molecule has 1 aromatic rings. The summed E-state index contributed by atoms with van der Waals surface area (Å²) in [6, 6.07) is 5.21. The van der Waals surface area contributed by atoms with E-state index in [0.717, 1.165) is 19.3 Å². The van der Waals surface area contributed by atoms with Crippen LogP contribution < -0.4 is 10.1 Å². The number of hydrogen-bond donors (Lipinski definition) is 1. The van der Waals surface area contributed by atoms with Crippen LogP contribution in [0.2, 0.25) is 0 Å². The average molecular weight is 439 g/mol. The number of hydrogen-bond acceptors (Lipinski definition) is 5. The molecule has 0 aromatic heterocycles. The first-order chi connectivity index (χ1) is 14.5. The Labute approximate surface area is 180 Å². The fraction of sp³-hybridized carbons (Fsp3) is 0.682. The second-order valence-electron chi connectivity index (χ2n) is 8.19. The molecule has 0 bridgehead atoms. The van der Waals surface area contributed by atoms with Crippen molar-refractivity contribution >= 4 is 15.9 Å². The lowest BCUT2D eigenvalue weighted by molar-refractivity contribution is -0.121. The number of morpholine rings is 1. The molecule has 3 rings (SSSR count). The van der Waals surface area contributed by atoms with Gasteiger partial charge in [0.25, 0.3) is 0 Å². The third kappa shape index (κ3) is 5.53. The van der Waals surface area contributed by atoms with Crippen molar-refractivity contribution in [2.75, 3.05) is 33.4 Å². The van der Waals surface area contributed by atoms with Gasteiger partial charge in [-0.1, -0.05) is 32.3 Å². The van der Waals surface area contributed by atoms with Crippen molar-refractivity contribution < 1.29 is 22.7 Å². The van der Waals surface area contributed by atoms with Crippen molar-refractivity contribution in [2.24, 2.45) is 5.92 Å². The van der Waals surface area contributed by atoms with Crippen molar-refractivity contribution in [3.8, 4) is 5.75 Å². The van der Waals surface area contributed by atoms with E-state index in [1.54, 1.807) is 18.2 Å². The van der Waals surface area contributed by atoms with E-state index in [4.69, 9.17) is 9.47 Å². The van der Waals surface area contributed by atoms with Gasteiger partial charge in [-0.05, 0) is 42.9 Å². The van der Waals surface area contributed by atoms with Crippen LogP contribution in [0.5, 0.6) is 5.75 Å². The second-order valence-corrected chi connectivity index (χ2v) is 10.1. The topological polar surface area (TPSA) is 84.9 Å².